The number of aliphatic hydroxyl groups is 1. The molecule has 1 aliphatic carbocycles. The van der Waals surface area contributed by atoms with Gasteiger partial charge in [-0.3, -0.25) is 0 Å². The van der Waals surface area contributed by atoms with Gasteiger partial charge in [-0.05, 0) is 30.9 Å². The zero-order chi connectivity index (χ0) is 14.8. The fourth-order valence-corrected chi connectivity index (χ4v) is 4.89. The molecule has 1 aromatic rings. The Morgan fingerprint density at radius 3 is 2.95 bits per heavy atom. The van der Waals surface area contributed by atoms with E-state index >= 15 is 0 Å². The van der Waals surface area contributed by atoms with Gasteiger partial charge in [0.2, 0.25) is 10.0 Å². The second kappa shape index (κ2) is 5.82. The Kier molecular flexibility index (Phi) is 4.49. The SMILES string of the molecule is CC1CCCC(O)(CNS(=O)(=O)c2ccc(C#N)s2)C1. The molecule has 2 N–H and O–H groups in total. The van der Waals surface area contributed by atoms with Crippen molar-refractivity contribution < 1.29 is 13.5 Å². The number of hydrogen-bond acceptors (Lipinski definition) is 5. The lowest BCUT2D eigenvalue weighted by atomic mass is 9.79. The molecule has 1 fully saturated rings. The van der Waals surface area contributed by atoms with E-state index in [0.29, 0.717) is 23.6 Å². The minimum atomic E-state index is -3.65. The topological polar surface area (TPSA) is 90.2 Å². The van der Waals surface area contributed by atoms with Crippen LogP contribution in [0.3, 0.4) is 0 Å². The molecular formula is C13H18N2O3S2. The summed E-state index contributed by atoms with van der Waals surface area (Å²) < 4.78 is 26.8. The highest BCUT2D eigenvalue weighted by atomic mass is 32.2. The van der Waals surface area contributed by atoms with Crippen molar-refractivity contribution in [1.82, 2.24) is 4.72 Å². The van der Waals surface area contributed by atoms with Gasteiger partial charge in [0.15, 0.2) is 0 Å². The molecular weight excluding hydrogens is 296 g/mol. The predicted octanol–water partition coefficient (Wildman–Crippen LogP) is 1.84. The third-order valence-corrected chi connectivity index (χ3v) is 6.50. The Morgan fingerprint density at radius 1 is 1.60 bits per heavy atom. The fraction of sp³-hybridized carbons (Fsp3) is 0.615. The van der Waals surface area contributed by atoms with Gasteiger partial charge in [0, 0.05) is 6.54 Å². The highest BCUT2D eigenvalue weighted by molar-refractivity contribution is 7.91. The van der Waals surface area contributed by atoms with Crippen LogP contribution in [-0.4, -0.2) is 25.7 Å². The van der Waals surface area contributed by atoms with Crippen LogP contribution in [0, 0.1) is 17.2 Å². The number of nitriles is 1. The third-order valence-electron chi connectivity index (χ3n) is 3.62. The van der Waals surface area contributed by atoms with E-state index in [1.54, 1.807) is 0 Å². The van der Waals surface area contributed by atoms with Gasteiger partial charge in [0.25, 0.3) is 0 Å². The molecule has 0 amide bonds. The van der Waals surface area contributed by atoms with Gasteiger partial charge in [-0.2, -0.15) is 5.26 Å². The number of rotatable bonds is 4. The van der Waals surface area contributed by atoms with Crippen LogP contribution in [0.25, 0.3) is 0 Å². The lowest BCUT2D eigenvalue weighted by Gasteiger charge is -2.35. The number of thiophene rings is 1. The molecule has 0 saturated heterocycles. The molecule has 1 aliphatic rings. The van der Waals surface area contributed by atoms with Gasteiger partial charge in [0.1, 0.15) is 15.2 Å². The minimum absolute atomic E-state index is 0.0272. The second-order valence-electron chi connectivity index (χ2n) is 5.48. The molecule has 2 rings (SSSR count). The Labute approximate surface area is 123 Å². The number of hydrogen-bond donors (Lipinski definition) is 2. The molecule has 0 radical (unpaired) electrons. The lowest BCUT2D eigenvalue weighted by molar-refractivity contribution is -0.00750. The summed E-state index contributed by atoms with van der Waals surface area (Å²) in [7, 11) is -3.65. The summed E-state index contributed by atoms with van der Waals surface area (Å²) >= 11 is 0.933. The van der Waals surface area contributed by atoms with E-state index in [1.807, 2.05) is 6.07 Å². The van der Waals surface area contributed by atoms with Crippen molar-refractivity contribution in [2.24, 2.45) is 5.92 Å². The maximum Gasteiger partial charge on any atom is 0.250 e. The lowest BCUT2D eigenvalue weighted by Crippen LogP contribution is -2.45. The van der Waals surface area contributed by atoms with E-state index in [-0.39, 0.29) is 10.8 Å². The first-order valence-electron chi connectivity index (χ1n) is 6.57. The molecule has 0 aliphatic heterocycles. The monoisotopic (exact) mass is 314 g/mol. The molecule has 7 heteroatoms. The van der Waals surface area contributed by atoms with Crippen molar-refractivity contribution in [2.45, 2.75) is 42.4 Å². The van der Waals surface area contributed by atoms with E-state index in [0.717, 1.165) is 24.2 Å². The zero-order valence-electron chi connectivity index (χ0n) is 11.3. The van der Waals surface area contributed by atoms with Crippen molar-refractivity contribution >= 4 is 21.4 Å². The molecule has 5 nitrogen and oxygen atoms in total. The highest BCUT2D eigenvalue weighted by Crippen LogP contribution is 2.32. The summed E-state index contributed by atoms with van der Waals surface area (Å²) in [6.45, 7) is 2.09. The van der Waals surface area contributed by atoms with Crippen molar-refractivity contribution in [3.8, 4) is 6.07 Å². The molecule has 110 valence electrons. The molecule has 20 heavy (non-hydrogen) atoms. The largest absolute Gasteiger partial charge is 0.389 e. The fourth-order valence-electron chi connectivity index (χ4n) is 2.62. The molecule has 1 saturated carbocycles. The van der Waals surface area contributed by atoms with Gasteiger partial charge in [-0.25, -0.2) is 13.1 Å². The molecule has 0 bridgehead atoms. The number of sulfonamides is 1. The summed E-state index contributed by atoms with van der Waals surface area (Å²) in [6.07, 6.45) is 3.22. The average molecular weight is 314 g/mol. The normalized spacial score (nSPS) is 27.1. The standard InChI is InChI=1S/C13H18N2O3S2/c1-10-3-2-6-13(16,7-10)9-15-20(17,18)12-5-4-11(8-14)19-12/h4-5,10,15-16H,2-3,6-7,9H2,1H3. The third kappa shape index (κ3) is 3.58. The van der Waals surface area contributed by atoms with Crippen LogP contribution in [0.4, 0.5) is 0 Å². The smallest absolute Gasteiger partial charge is 0.250 e. The molecule has 2 unspecified atom stereocenters. The quantitative estimate of drug-likeness (QED) is 0.887. The van der Waals surface area contributed by atoms with Crippen LogP contribution in [0.5, 0.6) is 0 Å². The number of nitrogens with zero attached hydrogens (tertiary/aromatic N) is 1. The summed E-state index contributed by atoms with van der Waals surface area (Å²) in [5.41, 5.74) is -0.958. The Balaban J connectivity index is 2.04. The van der Waals surface area contributed by atoms with E-state index in [2.05, 4.69) is 11.6 Å². The molecule has 0 aromatic carbocycles. The van der Waals surface area contributed by atoms with Crippen LogP contribution >= 0.6 is 11.3 Å². The highest BCUT2D eigenvalue weighted by Gasteiger charge is 2.34. The van der Waals surface area contributed by atoms with Crippen molar-refractivity contribution in [1.29, 1.82) is 5.26 Å². The molecule has 0 spiro atoms. The molecule has 1 heterocycles. The summed E-state index contributed by atoms with van der Waals surface area (Å²) in [5, 5.41) is 19.2. The van der Waals surface area contributed by atoms with Gasteiger partial charge >= 0.3 is 0 Å². The summed E-state index contributed by atoms with van der Waals surface area (Å²) in [4.78, 5) is 0.357. The van der Waals surface area contributed by atoms with Crippen LogP contribution < -0.4 is 4.72 Å². The second-order valence-corrected chi connectivity index (χ2v) is 8.56. The first-order valence-corrected chi connectivity index (χ1v) is 8.87. The van der Waals surface area contributed by atoms with E-state index in [1.165, 1.54) is 12.1 Å². The Bertz CT molecular complexity index is 618. The predicted molar refractivity (Wildman–Crippen MR) is 76.8 cm³/mol. The van der Waals surface area contributed by atoms with E-state index < -0.39 is 15.6 Å². The van der Waals surface area contributed by atoms with Crippen LogP contribution in [0.2, 0.25) is 0 Å². The average Bonchev–Trinajstić information content (AvgIpc) is 2.86. The van der Waals surface area contributed by atoms with Crippen molar-refractivity contribution in [3.05, 3.63) is 17.0 Å². The van der Waals surface area contributed by atoms with Crippen molar-refractivity contribution in [3.63, 3.8) is 0 Å². The number of nitrogens with one attached hydrogen (secondary N) is 1. The van der Waals surface area contributed by atoms with Gasteiger partial charge < -0.3 is 5.11 Å². The maximum atomic E-state index is 12.1. The summed E-state index contributed by atoms with van der Waals surface area (Å²) in [5.74, 6) is 0.408. The van der Waals surface area contributed by atoms with Crippen LogP contribution in [-0.2, 0) is 10.0 Å². The van der Waals surface area contributed by atoms with Crippen LogP contribution in [0.15, 0.2) is 16.3 Å². The minimum Gasteiger partial charge on any atom is -0.389 e. The summed E-state index contributed by atoms with van der Waals surface area (Å²) in [6, 6.07) is 4.81. The Morgan fingerprint density at radius 2 is 2.35 bits per heavy atom. The zero-order valence-corrected chi connectivity index (χ0v) is 12.9. The van der Waals surface area contributed by atoms with Gasteiger partial charge in [0.05, 0.1) is 5.60 Å². The van der Waals surface area contributed by atoms with E-state index in [9.17, 15) is 13.5 Å². The van der Waals surface area contributed by atoms with E-state index in [4.69, 9.17) is 5.26 Å². The van der Waals surface area contributed by atoms with Gasteiger partial charge in [-0.15, -0.1) is 11.3 Å². The van der Waals surface area contributed by atoms with Crippen LogP contribution in [0.1, 0.15) is 37.5 Å². The Hall–Kier alpha value is -0.940. The first kappa shape index (κ1) is 15.4. The maximum absolute atomic E-state index is 12.1. The van der Waals surface area contributed by atoms with Gasteiger partial charge in [-0.1, -0.05) is 19.8 Å². The molecule has 2 atom stereocenters. The van der Waals surface area contributed by atoms with Crippen molar-refractivity contribution in [2.75, 3.05) is 6.54 Å². The first-order chi connectivity index (χ1) is 9.35. The molecule has 1 aromatic heterocycles.